The second-order valence-corrected chi connectivity index (χ2v) is 10.9. The van der Waals surface area contributed by atoms with E-state index in [9.17, 15) is 18.0 Å². The number of aromatic nitrogens is 2. The van der Waals surface area contributed by atoms with Crippen molar-refractivity contribution in [3.63, 3.8) is 0 Å². The molecular formula is C27H26N4O5S. The maximum absolute atomic E-state index is 12.7. The van der Waals surface area contributed by atoms with E-state index in [1.54, 1.807) is 6.07 Å². The molecule has 3 aromatic carbocycles. The number of hydrogen-bond donors (Lipinski definition) is 3. The van der Waals surface area contributed by atoms with Crippen molar-refractivity contribution >= 4 is 33.1 Å². The van der Waals surface area contributed by atoms with Crippen LogP contribution in [-0.2, 0) is 32.6 Å². The van der Waals surface area contributed by atoms with Crippen molar-refractivity contribution in [1.29, 1.82) is 0 Å². The van der Waals surface area contributed by atoms with Gasteiger partial charge in [0.05, 0.1) is 23.5 Å². The van der Waals surface area contributed by atoms with Crippen LogP contribution < -0.4 is 10.0 Å². The maximum Gasteiger partial charge on any atom is 0.408 e. The topological polar surface area (TPSA) is 130 Å². The first-order valence-electron chi connectivity index (χ1n) is 11.8. The summed E-state index contributed by atoms with van der Waals surface area (Å²) in [6.07, 6.45) is -0.293. The number of aryl methyl sites for hydroxylation is 1. The van der Waals surface area contributed by atoms with Gasteiger partial charge in [0.1, 0.15) is 17.7 Å². The van der Waals surface area contributed by atoms with E-state index in [2.05, 4.69) is 20.0 Å². The molecule has 1 aliphatic rings. The normalized spacial score (nSPS) is 17.3. The molecule has 1 fully saturated rings. The first-order valence-corrected chi connectivity index (χ1v) is 13.4. The number of carbonyl (C=O) groups is 2. The fraction of sp³-hybridized carbons (Fsp3) is 0.222. The molecule has 2 atom stereocenters. The molecule has 0 saturated carbocycles. The molecule has 2 heterocycles. The van der Waals surface area contributed by atoms with Crippen molar-refractivity contribution in [3.05, 3.63) is 101 Å². The fourth-order valence-corrected chi connectivity index (χ4v) is 6.06. The van der Waals surface area contributed by atoms with Gasteiger partial charge in [0, 0.05) is 6.42 Å². The van der Waals surface area contributed by atoms with Crippen LogP contribution in [0.2, 0.25) is 0 Å². The number of benzene rings is 3. The number of aromatic amines is 1. The van der Waals surface area contributed by atoms with Crippen LogP contribution in [0.3, 0.4) is 0 Å². The molecule has 1 unspecified atom stereocenters. The number of carbonyl (C=O) groups excluding carboxylic acids is 2. The number of nitrogens with zero attached hydrogens (tertiary/aromatic N) is 1. The Morgan fingerprint density at radius 1 is 1.08 bits per heavy atom. The number of hydrogen-bond acceptors (Lipinski definition) is 6. The van der Waals surface area contributed by atoms with E-state index in [4.69, 9.17) is 4.74 Å². The van der Waals surface area contributed by atoms with Crippen molar-refractivity contribution in [2.45, 2.75) is 37.7 Å². The minimum atomic E-state index is -3.74. The lowest BCUT2D eigenvalue weighted by Gasteiger charge is -2.18. The van der Waals surface area contributed by atoms with E-state index in [1.165, 1.54) is 0 Å². The predicted octanol–water partition coefficient (Wildman–Crippen LogP) is 3.97. The lowest BCUT2D eigenvalue weighted by Crippen LogP contribution is -2.31. The summed E-state index contributed by atoms with van der Waals surface area (Å²) >= 11 is 0. The van der Waals surface area contributed by atoms with E-state index in [0.29, 0.717) is 17.8 Å². The van der Waals surface area contributed by atoms with Gasteiger partial charge in [-0.1, -0.05) is 60.7 Å². The number of rotatable bonds is 7. The molecule has 1 aromatic heterocycles. The molecule has 0 radical (unpaired) electrons. The average Bonchev–Trinajstić information content (AvgIpc) is 3.42. The van der Waals surface area contributed by atoms with Gasteiger partial charge in [0.25, 0.3) is 0 Å². The zero-order chi connectivity index (χ0) is 26.0. The Hall–Kier alpha value is -4.18. The highest BCUT2D eigenvalue weighted by molar-refractivity contribution is 7.90. The summed E-state index contributed by atoms with van der Waals surface area (Å²) in [5, 5.41) is 2.00. The number of sulfonamides is 1. The Balaban J connectivity index is 1.38. The second kappa shape index (κ2) is 10.1. The Morgan fingerprint density at radius 3 is 2.54 bits per heavy atom. The molecule has 190 valence electrons. The molecule has 9 nitrogen and oxygen atoms in total. The molecular weight excluding hydrogens is 492 g/mol. The highest BCUT2D eigenvalue weighted by Crippen LogP contribution is 2.33. The van der Waals surface area contributed by atoms with Gasteiger partial charge in [-0.15, -0.1) is 0 Å². The van der Waals surface area contributed by atoms with Crippen molar-refractivity contribution < 1.29 is 22.7 Å². The quantitative estimate of drug-likeness (QED) is 0.339. The van der Waals surface area contributed by atoms with Crippen LogP contribution in [0.15, 0.2) is 72.8 Å². The largest absolute Gasteiger partial charge is 0.445 e. The SMILES string of the molecule is Cc1cc(C[C@H](NC(=O)OCc2ccccc2)c2nc3ccccc3[nH]2)ccc1C1CC(=O)NS1(=O)=O. The highest BCUT2D eigenvalue weighted by Gasteiger charge is 2.38. The zero-order valence-corrected chi connectivity index (χ0v) is 20.9. The lowest BCUT2D eigenvalue weighted by molar-refractivity contribution is -0.118. The summed E-state index contributed by atoms with van der Waals surface area (Å²) < 4.78 is 32.2. The van der Waals surface area contributed by atoms with Crippen molar-refractivity contribution in [3.8, 4) is 0 Å². The third-order valence-corrected chi connectivity index (χ3v) is 8.05. The summed E-state index contributed by atoms with van der Waals surface area (Å²) in [6, 6.07) is 21.9. The van der Waals surface area contributed by atoms with E-state index < -0.39 is 33.3 Å². The number of fused-ring (bicyclic) bond motifs is 1. The molecule has 0 bridgehead atoms. The van der Waals surface area contributed by atoms with E-state index in [-0.39, 0.29) is 13.0 Å². The monoisotopic (exact) mass is 518 g/mol. The number of alkyl carbamates (subject to hydrolysis) is 1. The minimum Gasteiger partial charge on any atom is -0.445 e. The fourth-order valence-electron chi connectivity index (χ4n) is 4.55. The average molecular weight is 519 g/mol. The van der Waals surface area contributed by atoms with Gasteiger partial charge in [-0.3, -0.25) is 9.52 Å². The predicted molar refractivity (Wildman–Crippen MR) is 138 cm³/mol. The first kappa shape index (κ1) is 24.5. The zero-order valence-electron chi connectivity index (χ0n) is 20.1. The molecule has 0 spiro atoms. The standard InChI is InChI=1S/C27H26N4O5S/c1-17-13-19(11-12-20(17)24-15-25(32)31-37(24,34)35)14-23(26-28-21-9-5-6-10-22(21)29-26)30-27(33)36-16-18-7-3-2-4-8-18/h2-13,23-24H,14-16H2,1H3,(H,28,29)(H,30,33)(H,31,32)/t23-,24?/m0/s1. The third kappa shape index (κ3) is 5.49. The lowest BCUT2D eigenvalue weighted by atomic mass is 9.97. The summed E-state index contributed by atoms with van der Waals surface area (Å²) in [7, 11) is -3.74. The molecule has 1 saturated heterocycles. The van der Waals surface area contributed by atoms with Gasteiger partial charge in [-0.25, -0.2) is 18.2 Å². The molecule has 37 heavy (non-hydrogen) atoms. The second-order valence-electron chi connectivity index (χ2n) is 9.06. The molecule has 2 amide bonds. The Kier molecular flexibility index (Phi) is 6.66. The van der Waals surface area contributed by atoms with Gasteiger partial charge >= 0.3 is 6.09 Å². The molecule has 3 N–H and O–H groups in total. The maximum atomic E-state index is 12.7. The van der Waals surface area contributed by atoms with Gasteiger partial charge in [-0.2, -0.15) is 0 Å². The van der Waals surface area contributed by atoms with Crippen molar-refractivity contribution in [1.82, 2.24) is 20.0 Å². The number of ether oxygens (including phenoxy) is 1. The Bertz CT molecular complexity index is 1530. The van der Waals surface area contributed by atoms with E-state index in [1.807, 2.05) is 73.7 Å². The number of para-hydroxylation sites is 2. The van der Waals surface area contributed by atoms with Crippen molar-refractivity contribution in [2.75, 3.05) is 0 Å². The molecule has 0 aliphatic carbocycles. The summed E-state index contributed by atoms with van der Waals surface area (Å²) in [5.74, 6) is 0.0735. The summed E-state index contributed by atoms with van der Waals surface area (Å²) in [6.45, 7) is 1.95. The molecule has 10 heteroatoms. The van der Waals surface area contributed by atoms with Crippen LogP contribution in [0.25, 0.3) is 11.0 Å². The third-order valence-electron chi connectivity index (χ3n) is 6.36. The van der Waals surface area contributed by atoms with E-state index in [0.717, 1.165) is 27.7 Å². The van der Waals surface area contributed by atoms with Gasteiger partial charge in [0.15, 0.2) is 0 Å². The number of imidazole rings is 1. The van der Waals surface area contributed by atoms with Crippen LogP contribution in [0, 0.1) is 6.92 Å². The minimum absolute atomic E-state index is 0.0983. The highest BCUT2D eigenvalue weighted by atomic mass is 32.2. The van der Waals surface area contributed by atoms with Gasteiger partial charge in [0.2, 0.25) is 15.9 Å². The first-order chi connectivity index (χ1) is 17.8. The van der Waals surface area contributed by atoms with E-state index >= 15 is 0 Å². The van der Waals surface area contributed by atoms with Crippen LogP contribution in [0.5, 0.6) is 0 Å². The summed E-state index contributed by atoms with van der Waals surface area (Å²) in [4.78, 5) is 32.3. The van der Waals surface area contributed by atoms with Gasteiger partial charge in [-0.05, 0) is 41.3 Å². The number of H-pyrrole nitrogens is 1. The van der Waals surface area contributed by atoms with Crippen molar-refractivity contribution in [2.24, 2.45) is 0 Å². The van der Waals surface area contributed by atoms with Gasteiger partial charge < -0.3 is 15.0 Å². The number of amides is 2. The van der Waals surface area contributed by atoms with Crippen LogP contribution >= 0.6 is 0 Å². The van der Waals surface area contributed by atoms with Crippen LogP contribution in [0.1, 0.15) is 45.8 Å². The summed E-state index contributed by atoms with van der Waals surface area (Å²) in [5.41, 5.74) is 4.69. The van der Waals surface area contributed by atoms with Crippen LogP contribution in [-0.4, -0.2) is 30.4 Å². The Labute approximate surface area is 214 Å². The molecule has 1 aliphatic heterocycles. The molecule has 5 rings (SSSR count). The molecule has 4 aromatic rings. The van der Waals surface area contributed by atoms with Crippen LogP contribution in [0.4, 0.5) is 4.79 Å². The number of nitrogens with one attached hydrogen (secondary N) is 3. The smallest absolute Gasteiger partial charge is 0.408 e. The Morgan fingerprint density at radius 2 is 1.84 bits per heavy atom.